The highest BCUT2D eigenvalue weighted by molar-refractivity contribution is 5.60. The molecule has 0 saturated heterocycles. The summed E-state index contributed by atoms with van der Waals surface area (Å²) >= 11 is 0. The van der Waals surface area contributed by atoms with Gasteiger partial charge in [0.1, 0.15) is 5.54 Å². The van der Waals surface area contributed by atoms with Crippen molar-refractivity contribution in [2.45, 2.75) is 57.7 Å². The van der Waals surface area contributed by atoms with E-state index in [0.717, 1.165) is 13.0 Å². The number of hydrogen-bond donors (Lipinski definition) is 1. The molecule has 0 amide bonds. The lowest BCUT2D eigenvalue weighted by molar-refractivity contribution is 0.331. The predicted octanol–water partition coefficient (Wildman–Crippen LogP) is 3.11. The Labute approximate surface area is 128 Å². The minimum Gasteiger partial charge on any atom is -0.365 e. The summed E-state index contributed by atoms with van der Waals surface area (Å²) in [6.45, 7) is 7.33. The Hall–Kier alpha value is -1.53. The van der Waals surface area contributed by atoms with Gasteiger partial charge in [0.15, 0.2) is 0 Å². The first kappa shape index (κ1) is 14.4. The molecule has 1 saturated carbocycles. The van der Waals surface area contributed by atoms with E-state index >= 15 is 0 Å². The molecule has 0 bridgehead atoms. The minimum absolute atomic E-state index is 0.332. The summed E-state index contributed by atoms with van der Waals surface area (Å²) in [5.41, 5.74) is 2.33. The van der Waals surface area contributed by atoms with Gasteiger partial charge in [-0.3, -0.25) is 5.32 Å². The van der Waals surface area contributed by atoms with Crippen LogP contribution >= 0.6 is 0 Å². The fourth-order valence-corrected chi connectivity index (χ4v) is 3.68. The number of nitrogens with zero attached hydrogens (tertiary/aromatic N) is 2. The Morgan fingerprint density at radius 3 is 2.71 bits per heavy atom. The topological polar surface area (TPSA) is 39.1 Å². The Morgan fingerprint density at radius 1 is 1.38 bits per heavy atom. The number of nitrogens with one attached hydrogen (secondary N) is 1. The average Bonchev–Trinajstić information content (AvgIpc) is 3.25. The lowest BCUT2D eigenvalue weighted by atomic mass is 9.92. The van der Waals surface area contributed by atoms with Crippen molar-refractivity contribution in [2.24, 2.45) is 5.92 Å². The van der Waals surface area contributed by atoms with Gasteiger partial charge in [-0.2, -0.15) is 5.26 Å². The van der Waals surface area contributed by atoms with Gasteiger partial charge >= 0.3 is 0 Å². The van der Waals surface area contributed by atoms with Crippen LogP contribution in [0.15, 0.2) is 24.3 Å². The molecule has 112 valence electrons. The number of nitriles is 1. The zero-order chi connectivity index (χ0) is 15.0. The van der Waals surface area contributed by atoms with E-state index in [-0.39, 0.29) is 0 Å². The van der Waals surface area contributed by atoms with Crippen LogP contribution in [0.25, 0.3) is 0 Å². The monoisotopic (exact) mass is 283 g/mol. The molecule has 1 aliphatic carbocycles. The third-order valence-electron chi connectivity index (χ3n) is 4.79. The molecule has 1 aromatic rings. The van der Waals surface area contributed by atoms with E-state index in [9.17, 15) is 5.26 Å². The van der Waals surface area contributed by atoms with Crippen molar-refractivity contribution in [1.29, 1.82) is 5.26 Å². The normalized spacial score (nSPS) is 23.8. The second-order valence-electron chi connectivity index (χ2n) is 6.97. The van der Waals surface area contributed by atoms with Crippen molar-refractivity contribution in [2.75, 3.05) is 11.4 Å². The molecule has 3 nitrogen and oxygen atoms in total. The molecule has 3 rings (SSSR count). The minimum atomic E-state index is -0.403. The number of benzene rings is 1. The zero-order valence-corrected chi connectivity index (χ0v) is 13.3. The fourth-order valence-electron chi connectivity index (χ4n) is 3.68. The van der Waals surface area contributed by atoms with Crippen LogP contribution in [-0.2, 0) is 6.42 Å². The maximum atomic E-state index is 9.89. The first-order valence-corrected chi connectivity index (χ1v) is 8.09. The Morgan fingerprint density at radius 2 is 2.10 bits per heavy atom. The van der Waals surface area contributed by atoms with E-state index < -0.39 is 5.54 Å². The molecule has 1 N–H and O–H groups in total. The highest BCUT2D eigenvalue weighted by Gasteiger charge is 2.48. The number of fused-ring (bicyclic) bond motifs is 1. The second kappa shape index (κ2) is 5.35. The summed E-state index contributed by atoms with van der Waals surface area (Å²) in [6.07, 6.45) is 3.44. The third-order valence-corrected chi connectivity index (χ3v) is 4.79. The average molecular weight is 283 g/mol. The lowest BCUT2D eigenvalue weighted by Gasteiger charge is -2.37. The maximum absolute atomic E-state index is 9.89. The summed E-state index contributed by atoms with van der Waals surface area (Å²) < 4.78 is 0. The number of para-hydroxylation sites is 1. The van der Waals surface area contributed by atoms with Crippen molar-refractivity contribution in [3.05, 3.63) is 29.8 Å². The smallest absolute Gasteiger partial charge is 0.127 e. The van der Waals surface area contributed by atoms with Gasteiger partial charge in [0.25, 0.3) is 0 Å². The third kappa shape index (κ3) is 2.65. The molecular weight excluding hydrogens is 258 g/mol. The van der Waals surface area contributed by atoms with E-state index in [1.165, 1.54) is 24.1 Å². The molecule has 2 unspecified atom stereocenters. The first-order valence-electron chi connectivity index (χ1n) is 8.09. The molecule has 1 aliphatic heterocycles. The number of rotatable bonds is 5. The van der Waals surface area contributed by atoms with E-state index in [1.54, 1.807) is 0 Å². The van der Waals surface area contributed by atoms with Crippen LogP contribution in [0.5, 0.6) is 0 Å². The van der Waals surface area contributed by atoms with Crippen molar-refractivity contribution >= 4 is 5.69 Å². The Bertz CT molecular complexity index is 556. The molecule has 3 heteroatoms. The van der Waals surface area contributed by atoms with Crippen molar-refractivity contribution in [3.8, 4) is 6.07 Å². The van der Waals surface area contributed by atoms with Crippen LogP contribution in [0.1, 0.15) is 39.2 Å². The molecular formula is C18H25N3. The Kier molecular flexibility index (Phi) is 3.67. The predicted molar refractivity (Wildman–Crippen MR) is 86.3 cm³/mol. The van der Waals surface area contributed by atoms with Gasteiger partial charge in [0, 0.05) is 17.8 Å². The number of hydrogen-bond acceptors (Lipinski definition) is 3. The molecule has 21 heavy (non-hydrogen) atoms. The van der Waals surface area contributed by atoms with Crippen molar-refractivity contribution in [3.63, 3.8) is 0 Å². The summed E-state index contributed by atoms with van der Waals surface area (Å²) in [5, 5.41) is 13.5. The second-order valence-corrected chi connectivity index (χ2v) is 6.97. The van der Waals surface area contributed by atoms with Gasteiger partial charge in [-0.05, 0) is 57.6 Å². The van der Waals surface area contributed by atoms with Crippen molar-refractivity contribution in [1.82, 2.24) is 5.32 Å². The van der Waals surface area contributed by atoms with Crippen LogP contribution in [0.4, 0.5) is 5.69 Å². The van der Waals surface area contributed by atoms with Gasteiger partial charge in [-0.1, -0.05) is 18.2 Å². The molecule has 0 aromatic heterocycles. The van der Waals surface area contributed by atoms with Crippen molar-refractivity contribution < 1.29 is 0 Å². The summed E-state index contributed by atoms with van der Waals surface area (Å²) in [4.78, 5) is 2.44. The van der Waals surface area contributed by atoms with Gasteiger partial charge < -0.3 is 4.90 Å². The lowest BCUT2D eigenvalue weighted by Crippen LogP contribution is -2.57. The van der Waals surface area contributed by atoms with Crippen LogP contribution in [-0.4, -0.2) is 24.2 Å². The molecule has 2 aliphatic rings. The SMILES string of the molecule is CC(C)NC(C#N)(CN1c2ccccc2CC1C)C1CC1. The van der Waals surface area contributed by atoms with E-state index in [2.05, 4.69) is 61.3 Å². The summed E-state index contributed by atoms with van der Waals surface area (Å²) in [5.74, 6) is 0.505. The van der Waals surface area contributed by atoms with E-state index in [0.29, 0.717) is 18.0 Å². The number of anilines is 1. The van der Waals surface area contributed by atoms with Crippen LogP contribution in [0, 0.1) is 17.2 Å². The maximum Gasteiger partial charge on any atom is 0.127 e. The fraction of sp³-hybridized carbons (Fsp3) is 0.611. The first-order chi connectivity index (χ1) is 10.1. The van der Waals surface area contributed by atoms with Gasteiger partial charge in [0.2, 0.25) is 0 Å². The molecule has 2 atom stereocenters. The van der Waals surface area contributed by atoms with Gasteiger partial charge in [0.05, 0.1) is 12.6 Å². The molecule has 1 fully saturated rings. The summed E-state index contributed by atoms with van der Waals surface area (Å²) in [7, 11) is 0. The highest BCUT2D eigenvalue weighted by Crippen LogP contribution is 2.42. The molecule has 1 aromatic carbocycles. The summed E-state index contributed by atoms with van der Waals surface area (Å²) in [6, 6.07) is 12.1. The Balaban J connectivity index is 1.88. The molecule has 1 heterocycles. The van der Waals surface area contributed by atoms with E-state index in [1.807, 2.05) is 0 Å². The van der Waals surface area contributed by atoms with E-state index in [4.69, 9.17) is 0 Å². The van der Waals surface area contributed by atoms with Crippen LogP contribution in [0.3, 0.4) is 0 Å². The quantitative estimate of drug-likeness (QED) is 0.902. The highest BCUT2D eigenvalue weighted by atomic mass is 15.2. The van der Waals surface area contributed by atoms with Gasteiger partial charge in [-0.15, -0.1) is 0 Å². The van der Waals surface area contributed by atoms with Crippen LogP contribution in [0.2, 0.25) is 0 Å². The van der Waals surface area contributed by atoms with Gasteiger partial charge in [-0.25, -0.2) is 0 Å². The zero-order valence-electron chi connectivity index (χ0n) is 13.3. The standard InChI is InChI=1S/C18H25N3/c1-13(2)20-18(11-19,16-8-9-16)12-21-14(3)10-15-6-4-5-7-17(15)21/h4-7,13-14,16,20H,8-10,12H2,1-3H3. The molecule has 0 radical (unpaired) electrons. The molecule has 0 spiro atoms. The van der Waals surface area contributed by atoms with Crippen LogP contribution < -0.4 is 10.2 Å². The largest absolute Gasteiger partial charge is 0.365 e.